The summed E-state index contributed by atoms with van der Waals surface area (Å²) in [6, 6.07) is -3.42. The number of nitrogens with two attached hydrogens (primary N) is 2. The van der Waals surface area contributed by atoms with Crippen LogP contribution in [0.1, 0.15) is 23.5 Å². The lowest BCUT2D eigenvalue weighted by Crippen LogP contribution is -2.62. The van der Waals surface area contributed by atoms with E-state index >= 15 is 0 Å². The van der Waals surface area contributed by atoms with E-state index in [4.69, 9.17) is 21.3 Å². The molecule has 19 heteroatoms. The van der Waals surface area contributed by atoms with E-state index in [2.05, 4.69) is 10.1 Å². The van der Waals surface area contributed by atoms with Gasteiger partial charge in [-0.2, -0.15) is 0 Å². The molecule has 1 aliphatic heterocycles. The normalized spacial score (nSPS) is 26.5. The molecule has 1 aromatic heterocycles. The summed E-state index contributed by atoms with van der Waals surface area (Å²) in [4.78, 5) is 71.8. The Hall–Kier alpha value is -3.88. The molecule has 8 atom stereocenters. The van der Waals surface area contributed by atoms with Gasteiger partial charge in [0, 0.05) is 6.20 Å². The van der Waals surface area contributed by atoms with Crippen molar-refractivity contribution in [1.82, 2.24) is 14.9 Å². The van der Waals surface area contributed by atoms with Crippen LogP contribution in [0.5, 0.6) is 0 Å². The molecule has 0 bridgehead atoms. The smallest absolute Gasteiger partial charge is 0.404 e. The van der Waals surface area contributed by atoms with Crippen LogP contribution in [-0.2, 0) is 19.1 Å². The van der Waals surface area contributed by atoms with E-state index in [1.54, 1.807) is 4.98 Å². The van der Waals surface area contributed by atoms with Gasteiger partial charge in [-0.25, -0.2) is 19.2 Å². The van der Waals surface area contributed by atoms with Crippen LogP contribution in [0.15, 0.2) is 15.8 Å². The third kappa shape index (κ3) is 5.76. The van der Waals surface area contributed by atoms with Crippen LogP contribution < -0.4 is 28.0 Å². The van der Waals surface area contributed by atoms with Crippen molar-refractivity contribution in [1.29, 1.82) is 0 Å². The Morgan fingerprint density at radius 1 is 1.27 bits per heavy atom. The Balaban J connectivity index is 2.32. The van der Waals surface area contributed by atoms with E-state index in [1.807, 2.05) is 0 Å². The number of carboxylic acids is 2. The Kier molecular flexibility index (Phi) is 8.75. The van der Waals surface area contributed by atoms with Gasteiger partial charge in [0.2, 0.25) is 11.5 Å². The lowest BCUT2D eigenvalue weighted by molar-refractivity contribution is -0.175. The summed E-state index contributed by atoms with van der Waals surface area (Å²) in [7, 11) is 0. The average molecular weight is 535 g/mol. The number of rotatable bonds is 10. The number of aliphatic hydroxyl groups excluding tert-OH is 3. The molecule has 0 radical (unpaired) electrons. The van der Waals surface area contributed by atoms with Crippen LogP contribution in [0.25, 0.3) is 0 Å². The molecule has 1 fully saturated rings. The quantitative estimate of drug-likeness (QED) is 0.133. The molecule has 19 nitrogen and oxygen atoms in total. The minimum Gasteiger partial charge on any atom is -0.479 e. The van der Waals surface area contributed by atoms with Crippen LogP contribution >= 0.6 is 0 Å². The second kappa shape index (κ2) is 11.0. The number of carbonyl (C=O) groups excluding carboxylic acids is 2. The molecule has 1 aromatic rings. The maximum absolute atomic E-state index is 12.5. The Bertz CT molecular complexity index is 1180. The fraction of sp³-hybridized carbons (Fsp3) is 0.556. The molecule has 0 aliphatic carbocycles. The second-order valence-corrected chi connectivity index (χ2v) is 8.05. The van der Waals surface area contributed by atoms with Crippen molar-refractivity contribution in [3.63, 3.8) is 0 Å². The molecule has 2 heterocycles. The molecule has 0 saturated carbocycles. The number of aliphatic carboxylic acids is 1. The number of hydrogen-bond acceptors (Lipinski definition) is 13. The summed E-state index contributed by atoms with van der Waals surface area (Å²) >= 11 is 0. The zero-order chi connectivity index (χ0) is 28.4. The number of aliphatic hydroxyl groups is 4. The molecule has 1 unspecified atom stereocenters. The predicted octanol–water partition coefficient (Wildman–Crippen LogP) is -6.04. The van der Waals surface area contributed by atoms with Gasteiger partial charge in [0.05, 0.1) is 6.04 Å². The van der Waals surface area contributed by atoms with E-state index in [1.165, 1.54) is 0 Å². The highest BCUT2D eigenvalue weighted by atomic mass is 16.6. The van der Waals surface area contributed by atoms with Crippen molar-refractivity contribution in [2.24, 2.45) is 11.5 Å². The number of carbonyl (C=O) groups is 4. The number of ether oxygens (including phenoxy) is 2. The van der Waals surface area contributed by atoms with Crippen LogP contribution in [-0.4, -0.2) is 113 Å². The maximum atomic E-state index is 12.5. The van der Waals surface area contributed by atoms with E-state index < -0.39 is 95.7 Å². The summed E-state index contributed by atoms with van der Waals surface area (Å²) in [5.74, 6) is -5.06. The first-order valence-electron chi connectivity index (χ1n) is 10.3. The third-order valence-electron chi connectivity index (χ3n) is 5.54. The Morgan fingerprint density at radius 2 is 1.86 bits per heavy atom. The number of nitrogens with one attached hydrogen (secondary N) is 2. The Labute approximate surface area is 204 Å². The number of primary amides is 1. The van der Waals surface area contributed by atoms with Gasteiger partial charge in [0.1, 0.15) is 42.6 Å². The van der Waals surface area contributed by atoms with Crippen LogP contribution in [0, 0.1) is 0 Å². The predicted molar refractivity (Wildman–Crippen MR) is 114 cm³/mol. The summed E-state index contributed by atoms with van der Waals surface area (Å²) in [5.41, 5.74) is 3.50. The third-order valence-corrected chi connectivity index (χ3v) is 5.54. The first-order chi connectivity index (χ1) is 17.0. The minimum atomic E-state index is -3.20. The molecule has 2 rings (SSSR count). The number of amides is 2. The lowest BCUT2D eigenvalue weighted by atomic mass is 9.88. The summed E-state index contributed by atoms with van der Waals surface area (Å²) in [6.07, 6.45) is -11.2. The fourth-order valence-electron chi connectivity index (χ4n) is 3.56. The topological polar surface area (TPSA) is 327 Å². The number of aromatic amines is 1. The molecule has 37 heavy (non-hydrogen) atoms. The maximum Gasteiger partial charge on any atom is 0.404 e. The van der Waals surface area contributed by atoms with E-state index in [-0.39, 0.29) is 0 Å². The first kappa shape index (κ1) is 29.4. The van der Waals surface area contributed by atoms with Gasteiger partial charge in [-0.05, 0) is 6.92 Å². The summed E-state index contributed by atoms with van der Waals surface area (Å²) in [6.45, 7) is 0.271. The molecular formula is C18H25N5O14. The lowest BCUT2D eigenvalue weighted by Gasteiger charge is -2.31. The van der Waals surface area contributed by atoms with E-state index in [0.29, 0.717) is 10.8 Å². The average Bonchev–Trinajstić information content (AvgIpc) is 3.08. The largest absolute Gasteiger partial charge is 0.479 e. The molecule has 12 N–H and O–H groups in total. The standard InChI is InChI=1S/C18H25N5O14/c1-4(21-12(28)7(19)8(25)6(24)3-36-16(20)33)10-18(35,15(31)32)9(26)13(37-10)23-2-5(14(29)30)11(27)22-17(23)34/h2,4,6-10,13,24-26,35H,3,19H2,1H3,(H2,20,33)(H,21,28)(H,29,30)(H,31,32)(H,22,27,34)/t4-,6+,7+,8-,9+,10-,13?,18+/m1/s1. The molecule has 1 saturated heterocycles. The van der Waals surface area contributed by atoms with Crippen molar-refractivity contribution < 1.29 is 59.3 Å². The number of H-pyrrole nitrogens is 1. The van der Waals surface area contributed by atoms with Gasteiger partial charge in [-0.1, -0.05) is 0 Å². The van der Waals surface area contributed by atoms with Gasteiger partial charge < -0.3 is 56.9 Å². The number of hydrogen-bond donors (Lipinski definition) is 10. The van der Waals surface area contributed by atoms with Gasteiger partial charge >= 0.3 is 23.7 Å². The van der Waals surface area contributed by atoms with Gasteiger partial charge in [0.15, 0.2) is 6.23 Å². The highest BCUT2D eigenvalue weighted by Crippen LogP contribution is 2.38. The van der Waals surface area contributed by atoms with Gasteiger partial charge in [-0.3, -0.25) is 19.1 Å². The van der Waals surface area contributed by atoms with Crippen molar-refractivity contribution in [2.75, 3.05) is 6.61 Å². The van der Waals surface area contributed by atoms with E-state index in [9.17, 15) is 54.3 Å². The number of aromatic nitrogens is 2. The summed E-state index contributed by atoms with van der Waals surface area (Å²) in [5, 5.41) is 61.9. The SMILES string of the molecule is C[C@@H](NC(=O)[C@@H](N)[C@H](O)[C@@H](O)COC(N)=O)[C@H]1OC(n2cc(C(=O)O)c(=O)[nH]c2=O)[C@H](O)[C@@]1(O)C(=O)O. The molecular weight excluding hydrogens is 510 g/mol. The highest BCUT2D eigenvalue weighted by Gasteiger charge is 2.63. The van der Waals surface area contributed by atoms with Crippen molar-refractivity contribution in [3.8, 4) is 0 Å². The number of carboxylic acid groups (broad SMARTS) is 2. The molecule has 206 valence electrons. The first-order valence-corrected chi connectivity index (χ1v) is 10.3. The van der Waals surface area contributed by atoms with Crippen LogP contribution in [0.2, 0.25) is 0 Å². The highest BCUT2D eigenvalue weighted by molar-refractivity contribution is 5.86. The van der Waals surface area contributed by atoms with E-state index in [0.717, 1.165) is 6.92 Å². The molecule has 0 spiro atoms. The van der Waals surface area contributed by atoms with Gasteiger partial charge in [-0.15, -0.1) is 0 Å². The number of aromatic carboxylic acids is 1. The van der Waals surface area contributed by atoms with Crippen molar-refractivity contribution >= 4 is 23.9 Å². The van der Waals surface area contributed by atoms with Crippen LogP contribution in [0.4, 0.5) is 4.79 Å². The van der Waals surface area contributed by atoms with Crippen molar-refractivity contribution in [3.05, 3.63) is 32.6 Å². The molecule has 2 amide bonds. The monoisotopic (exact) mass is 535 g/mol. The molecule has 1 aliphatic rings. The zero-order valence-electron chi connectivity index (χ0n) is 18.9. The zero-order valence-corrected chi connectivity index (χ0v) is 18.9. The minimum absolute atomic E-state index is 0.336. The second-order valence-electron chi connectivity index (χ2n) is 8.05. The number of nitrogens with zero attached hydrogens (tertiary/aromatic N) is 1. The van der Waals surface area contributed by atoms with Gasteiger partial charge in [0.25, 0.3) is 5.56 Å². The molecule has 0 aromatic carbocycles. The van der Waals surface area contributed by atoms with Crippen LogP contribution in [0.3, 0.4) is 0 Å². The summed E-state index contributed by atoms with van der Waals surface area (Å²) < 4.78 is 9.96. The van der Waals surface area contributed by atoms with Crippen molar-refractivity contribution in [2.45, 2.75) is 55.3 Å². The fourth-order valence-corrected chi connectivity index (χ4v) is 3.56. The Morgan fingerprint density at radius 3 is 2.38 bits per heavy atom.